The van der Waals surface area contributed by atoms with Crippen molar-refractivity contribution in [3.8, 4) is 0 Å². The van der Waals surface area contributed by atoms with Crippen molar-refractivity contribution in [2.45, 2.75) is 32.8 Å². The predicted molar refractivity (Wildman–Crippen MR) is 127 cm³/mol. The summed E-state index contributed by atoms with van der Waals surface area (Å²) >= 11 is 0. The number of halogens is 1. The molecule has 9 heteroatoms. The van der Waals surface area contributed by atoms with Gasteiger partial charge in [-0.05, 0) is 32.8 Å². The zero-order valence-corrected chi connectivity index (χ0v) is 20.3. The number of aliphatic imine (C=N–C) groups is 1. The molecular formula is C20H34IN5O3. The van der Waals surface area contributed by atoms with E-state index in [0.29, 0.717) is 25.6 Å². The summed E-state index contributed by atoms with van der Waals surface area (Å²) in [6.45, 7) is 6.98. The van der Waals surface area contributed by atoms with Crippen molar-refractivity contribution in [1.29, 1.82) is 0 Å². The molecule has 0 aliphatic rings. The molecule has 1 aromatic carbocycles. The van der Waals surface area contributed by atoms with E-state index in [0.717, 1.165) is 6.42 Å². The molecule has 0 spiro atoms. The summed E-state index contributed by atoms with van der Waals surface area (Å²) in [5.41, 5.74) is 0.681. The Kier molecular flexibility index (Phi) is 13.0. The molecule has 0 aliphatic carbocycles. The number of ether oxygens (including phenoxy) is 1. The molecule has 0 aliphatic heterocycles. The van der Waals surface area contributed by atoms with Gasteiger partial charge in [-0.1, -0.05) is 30.3 Å². The van der Waals surface area contributed by atoms with Crippen LogP contribution in [0.3, 0.4) is 0 Å². The van der Waals surface area contributed by atoms with Crippen LogP contribution in [0.4, 0.5) is 4.79 Å². The second-order valence-electron chi connectivity index (χ2n) is 7.47. The maximum absolute atomic E-state index is 11.8. The lowest BCUT2D eigenvalue weighted by molar-refractivity contribution is -0.127. The average molecular weight is 519 g/mol. The summed E-state index contributed by atoms with van der Waals surface area (Å²) in [6.07, 6.45) is 0.367. The Morgan fingerprint density at radius 2 is 1.59 bits per heavy atom. The van der Waals surface area contributed by atoms with Crippen molar-refractivity contribution in [2.75, 3.05) is 40.3 Å². The van der Waals surface area contributed by atoms with Crippen LogP contribution in [0, 0.1) is 0 Å². The first-order valence-electron chi connectivity index (χ1n) is 9.40. The van der Waals surface area contributed by atoms with Gasteiger partial charge in [0.15, 0.2) is 5.96 Å². The summed E-state index contributed by atoms with van der Waals surface area (Å²) in [6, 6.07) is 10.1. The van der Waals surface area contributed by atoms with E-state index in [-0.39, 0.29) is 36.4 Å². The van der Waals surface area contributed by atoms with Gasteiger partial charge >= 0.3 is 6.09 Å². The van der Waals surface area contributed by atoms with Crippen molar-refractivity contribution in [3.05, 3.63) is 35.9 Å². The lowest BCUT2D eigenvalue weighted by Crippen LogP contribution is -2.43. The van der Waals surface area contributed by atoms with E-state index in [1.165, 1.54) is 10.5 Å². The first kappa shape index (κ1) is 27.0. The highest BCUT2D eigenvalue weighted by Gasteiger charge is 2.15. The summed E-state index contributed by atoms with van der Waals surface area (Å²) < 4.78 is 5.19. The normalized spacial score (nSPS) is 11.1. The largest absolute Gasteiger partial charge is 0.444 e. The molecule has 0 bridgehead atoms. The van der Waals surface area contributed by atoms with E-state index in [2.05, 4.69) is 33.1 Å². The second-order valence-corrected chi connectivity index (χ2v) is 7.47. The Balaban J connectivity index is 0.00000784. The van der Waals surface area contributed by atoms with Crippen molar-refractivity contribution in [2.24, 2.45) is 4.99 Å². The lowest BCUT2D eigenvalue weighted by Gasteiger charge is -2.20. The summed E-state index contributed by atoms with van der Waals surface area (Å²) in [7, 11) is 3.39. The number of hydrogen-bond acceptors (Lipinski definition) is 4. The molecule has 3 N–H and O–H groups in total. The summed E-state index contributed by atoms with van der Waals surface area (Å²) in [4.78, 5) is 29.3. The molecule has 29 heavy (non-hydrogen) atoms. The van der Waals surface area contributed by atoms with Crippen LogP contribution >= 0.6 is 24.0 Å². The van der Waals surface area contributed by atoms with Crippen molar-refractivity contribution >= 4 is 41.9 Å². The monoisotopic (exact) mass is 519 g/mol. The number of carbonyl (C=O) groups excluding carboxylic acids is 2. The highest BCUT2D eigenvalue weighted by Crippen LogP contribution is 2.06. The molecule has 0 heterocycles. The fourth-order valence-electron chi connectivity index (χ4n) is 2.09. The van der Waals surface area contributed by atoms with E-state index < -0.39 is 11.7 Å². The van der Waals surface area contributed by atoms with Crippen LogP contribution in [0.15, 0.2) is 35.3 Å². The number of benzene rings is 1. The number of nitrogens with zero attached hydrogens (tertiary/aromatic N) is 2. The fraction of sp³-hybridized carbons (Fsp3) is 0.550. The minimum Gasteiger partial charge on any atom is -0.444 e. The maximum atomic E-state index is 11.8. The third kappa shape index (κ3) is 13.7. The summed E-state index contributed by atoms with van der Waals surface area (Å²) in [5.74, 6) is 0.438. The van der Waals surface area contributed by atoms with Crippen LogP contribution in [-0.2, 0) is 16.0 Å². The number of carbonyl (C=O) groups is 2. The minimum absolute atomic E-state index is 0. The Bertz CT molecular complexity index is 645. The van der Waals surface area contributed by atoms with Gasteiger partial charge in [0.25, 0.3) is 0 Å². The molecule has 0 saturated heterocycles. The molecule has 1 rings (SSSR count). The number of likely N-dealkylation sites (N-methyl/N-ethyl adjacent to an activating group) is 1. The highest BCUT2D eigenvalue weighted by atomic mass is 127. The standard InChI is InChI=1S/C20H33N5O3.HI/c1-20(2,3)28-19(27)23-14-13-22-18(24-15-17(26)25(4)5)21-12-11-16-9-7-6-8-10-16;/h6-10H,11-15H2,1-5H3,(H,23,27)(H2,21,22,24);1H. The van der Waals surface area contributed by atoms with Crippen molar-refractivity contribution in [1.82, 2.24) is 20.9 Å². The number of alkyl carbamates (subject to hydrolysis) is 1. The lowest BCUT2D eigenvalue weighted by atomic mass is 10.1. The molecule has 8 nitrogen and oxygen atoms in total. The van der Waals surface area contributed by atoms with Gasteiger partial charge in [0.2, 0.25) is 5.91 Å². The minimum atomic E-state index is -0.532. The Morgan fingerprint density at radius 3 is 2.17 bits per heavy atom. The Labute approximate surface area is 190 Å². The quantitative estimate of drug-likeness (QED) is 0.212. The van der Waals surface area contributed by atoms with Crippen molar-refractivity contribution < 1.29 is 14.3 Å². The van der Waals surface area contributed by atoms with Crippen molar-refractivity contribution in [3.63, 3.8) is 0 Å². The van der Waals surface area contributed by atoms with Gasteiger partial charge in [0.05, 0.1) is 0 Å². The molecule has 0 aromatic heterocycles. The smallest absolute Gasteiger partial charge is 0.407 e. The Morgan fingerprint density at radius 1 is 1.00 bits per heavy atom. The van der Waals surface area contributed by atoms with E-state index in [1.54, 1.807) is 14.1 Å². The van der Waals surface area contributed by atoms with Gasteiger partial charge in [0, 0.05) is 33.7 Å². The molecule has 0 fully saturated rings. The van der Waals surface area contributed by atoms with E-state index in [4.69, 9.17) is 4.74 Å². The van der Waals surface area contributed by atoms with E-state index >= 15 is 0 Å². The molecule has 0 unspecified atom stereocenters. The van der Waals surface area contributed by atoms with Gasteiger partial charge in [-0.15, -0.1) is 24.0 Å². The van der Waals surface area contributed by atoms with Gasteiger partial charge in [0.1, 0.15) is 12.1 Å². The third-order valence-corrected chi connectivity index (χ3v) is 3.51. The van der Waals surface area contributed by atoms with Crippen LogP contribution < -0.4 is 16.0 Å². The van der Waals surface area contributed by atoms with Gasteiger partial charge < -0.3 is 25.6 Å². The van der Waals surface area contributed by atoms with Gasteiger partial charge in [-0.25, -0.2) is 9.79 Å². The predicted octanol–water partition coefficient (Wildman–Crippen LogP) is 2.00. The first-order valence-corrected chi connectivity index (χ1v) is 9.40. The number of guanidine groups is 1. The van der Waals surface area contributed by atoms with Crippen LogP contribution in [0.5, 0.6) is 0 Å². The average Bonchev–Trinajstić information content (AvgIpc) is 2.61. The molecule has 1 aromatic rings. The van der Waals surface area contributed by atoms with Crippen LogP contribution in [-0.4, -0.2) is 68.7 Å². The van der Waals surface area contributed by atoms with Crippen LogP contribution in [0.25, 0.3) is 0 Å². The first-order chi connectivity index (χ1) is 13.2. The molecular weight excluding hydrogens is 485 g/mol. The van der Waals surface area contributed by atoms with Crippen LogP contribution in [0.2, 0.25) is 0 Å². The van der Waals surface area contributed by atoms with Crippen LogP contribution in [0.1, 0.15) is 26.3 Å². The van der Waals surface area contributed by atoms with Gasteiger partial charge in [-0.2, -0.15) is 0 Å². The number of hydrogen-bond donors (Lipinski definition) is 3. The molecule has 0 atom stereocenters. The topological polar surface area (TPSA) is 95.1 Å². The molecule has 164 valence electrons. The fourth-order valence-corrected chi connectivity index (χ4v) is 2.09. The molecule has 2 amide bonds. The molecule has 0 radical (unpaired) electrons. The molecule has 0 saturated carbocycles. The van der Waals surface area contributed by atoms with E-state index in [1.807, 2.05) is 39.0 Å². The zero-order valence-electron chi connectivity index (χ0n) is 17.9. The number of nitrogens with one attached hydrogen (secondary N) is 3. The second kappa shape index (κ2) is 14.0. The van der Waals surface area contributed by atoms with E-state index in [9.17, 15) is 9.59 Å². The third-order valence-electron chi connectivity index (χ3n) is 3.51. The zero-order chi connectivity index (χ0) is 21.0. The number of rotatable bonds is 8. The highest BCUT2D eigenvalue weighted by molar-refractivity contribution is 14.0. The van der Waals surface area contributed by atoms with Gasteiger partial charge in [-0.3, -0.25) is 4.79 Å². The SMILES string of the molecule is CN(C)C(=O)CN=C(NCCNC(=O)OC(C)(C)C)NCCc1ccccc1.I. The Hall–Kier alpha value is -2.04. The number of amides is 2. The summed E-state index contributed by atoms with van der Waals surface area (Å²) in [5, 5.41) is 9.01. The maximum Gasteiger partial charge on any atom is 0.407 e.